The zero-order chi connectivity index (χ0) is 15.6. The van der Waals surface area contributed by atoms with Crippen molar-refractivity contribution in [3.63, 3.8) is 0 Å². The van der Waals surface area contributed by atoms with Gasteiger partial charge in [-0.25, -0.2) is 0 Å². The van der Waals surface area contributed by atoms with Crippen molar-refractivity contribution in [1.82, 2.24) is 5.32 Å². The van der Waals surface area contributed by atoms with E-state index in [4.69, 9.17) is 5.73 Å². The smallest absolute Gasteiger partial charge is 0.248 e. The Kier molecular flexibility index (Phi) is 3.67. The maximum Gasteiger partial charge on any atom is 0.248 e. The van der Waals surface area contributed by atoms with E-state index >= 15 is 0 Å². The summed E-state index contributed by atoms with van der Waals surface area (Å²) < 4.78 is 0. The van der Waals surface area contributed by atoms with Crippen LogP contribution in [0.15, 0.2) is 54.6 Å². The predicted molar refractivity (Wildman–Crippen MR) is 84.4 cm³/mol. The van der Waals surface area contributed by atoms with Crippen LogP contribution in [-0.2, 0) is 16.6 Å². The summed E-state index contributed by atoms with van der Waals surface area (Å²) in [5.41, 5.74) is 7.68. The standard InChI is InChI=1S/C18H18N2O2/c19-17(22)14-7-4-8-15(9-14)18(11-16(21)20-12-18)10-13-5-2-1-3-6-13/h1-9H,10-12H2,(H2,19,22)(H,20,21). The molecule has 2 aromatic rings. The maximum absolute atomic E-state index is 11.8. The normalized spacial score (nSPS) is 20.6. The van der Waals surface area contributed by atoms with Gasteiger partial charge in [-0.2, -0.15) is 0 Å². The van der Waals surface area contributed by atoms with Gasteiger partial charge in [0.1, 0.15) is 0 Å². The zero-order valence-corrected chi connectivity index (χ0v) is 12.2. The number of rotatable bonds is 4. The lowest BCUT2D eigenvalue weighted by molar-refractivity contribution is -0.119. The Morgan fingerprint density at radius 2 is 1.91 bits per heavy atom. The van der Waals surface area contributed by atoms with Crippen LogP contribution < -0.4 is 11.1 Å². The molecule has 3 rings (SSSR count). The molecule has 4 nitrogen and oxygen atoms in total. The van der Waals surface area contributed by atoms with Crippen molar-refractivity contribution in [2.75, 3.05) is 6.54 Å². The Bertz CT molecular complexity index is 712. The molecule has 1 atom stereocenters. The Morgan fingerprint density at radius 3 is 2.55 bits per heavy atom. The van der Waals surface area contributed by atoms with E-state index in [9.17, 15) is 9.59 Å². The minimum Gasteiger partial charge on any atom is -0.366 e. The lowest BCUT2D eigenvalue weighted by atomic mass is 9.74. The topological polar surface area (TPSA) is 72.2 Å². The van der Waals surface area contributed by atoms with Crippen molar-refractivity contribution < 1.29 is 9.59 Å². The number of benzene rings is 2. The van der Waals surface area contributed by atoms with Crippen LogP contribution in [0.5, 0.6) is 0 Å². The van der Waals surface area contributed by atoms with E-state index in [0.29, 0.717) is 18.5 Å². The fraction of sp³-hybridized carbons (Fsp3) is 0.222. The van der Waals surface area contributed by atoms with Gasteiger partial charge in [-0.05, 0) is 29.7 Å². The molecular weight excluding hydrogens is 276 g/mol. The van der Waals surface area contributed by atoms with E-state index in [0.717, 1.165) is 12.0 Å². The maximum atomic E-state index is 11.8. The van der Waals surface area contributed by atoms with Crippen molar-refractivity contribution in [3.8, 4) is 0 Å². The van der Waals surface area contributed by atoms with E-state index in [1.807, 2.05) is 36.4 Å². The minimum atomic E-state index is -0.450. The molecule has 1 heterocycles. The zero-order valence-electron chi connectivity index (χ0n) is 12.2. The minimum absolute atomic E-state index is 0.0420. The molecule has 3 N–H and O–H groups in total. The fourth-order valence-electron chi connectivity index (χ4n) is 3.12. The van der Waals surface area contributed by atoms with Gasteiger partial charge >= 0.3 is 0 Å². The molecule has 0 spiro atoms. The first-order valence-corrected chi connectivity index (χ1v) is 7.30. The second-order valence-electron chi connectivity index (χ2n) is 5.84. The summed E-state index contributed by atoms with van der Waals surface area (Å²) in [4.78, 5) is 23.3. The molecule has 0 bridgehead atoms. The molecule has 1 aliphatic rings. The van der Waals surface area contributed by atoms with E-state index < -0.39 is 5.91 Å². The molecule has 0 saturated carbocycles. The molecule has 1 aliphatic heterocycles. The molecule has 22 heavy (non-hydrogen) atoms. The van der Waals surface area contributed by atoms with Crippen molar-refractivity contribution in [3.05, 3.63) is 71.3 Å². The number of nitrogens with two attached hydrogens (primary N) is 1. The van der Waals surface area contributed by atoms with E-state index in [1.165, 1.54) is 5.56 Å². The Hall–Kier alpha value is -2.62. The Labute approximate surface area is 129 Å². The summed E-state index contributed by atoms with van der Waals surface area (Å²) in [5.74, 6) is -0.408. The molecular formula is C18H18N2O2. The van der Waals surface area contributed by atoms with Gasteiger partial charge in [0.2, 0.25) is 11.8 Å². The third kappa shape index (κ3) is 2.72. The van der Waals surface area contributed by atoms with Gasteiger partial charge in [0.15, 0.2) is 0 Å². The highest BCUT2D eigenvalue weighted by Crippen LogP contribution is 2.35. The Balaban J connectivity index is 2.01. The molecule has 1 unspecified atom stereocenters. The first-order valence-electron chi connectivity index (χ1n) is 7.30. The van der Waals surface area contributed by atoms with Gasteiger partial charge in [-0.3, -0.25) is 9.59 Å². The van der Waals surface area contributed by atoms with Gasteiger partial charge in [-0.1, -0.05) is 42.5 Å². The van der Waals surface area contributed by atoms with Gasteiger partial charge in [0, 0.05) is 23.9 Å². The highest BCUT2D eigenvalue weighted by atomic mass is 16.2. The number of nitrogens with one attached hydrogen (secondary N) is 1. The van der Waals surface area contributed by atoms with Crippen LogP contribution in [-0.4, -0.2) is 18.4 Å². The molecule has 2 amide bonds. The van der Waals surface area contributed by atoms with Crippen LogP contribution >= 0.6 is 0 Å². The molecule has 0 radical (unpaired) electrons. The van der Waals surface area contributed by atoms with E-state index in [1.54, 1.807) is 6.07 Å². The summed E-state index contributed by atoms with van der Waals surface area (Å²) in [5, 5.41) is 2.92. The lowest BCUT2D eigenvalue weighted by Gasteiger charge is -2.28. The second kappa shape index (κ2) is 5.64. The molecule has 112 valence electrons. The summed E-state index contributed by atoms with van der Waals surface area (Å²) >= 11 is 0. The molecule has 4 heteroatoms. The highest BCUT2D eigenvalue weighted by Gasteiger charge is 2.40. The number of amides is 2. The molecule has 0 aliphatic carbocycles. The average Bonchev–Trinajstić information content (AvgIpc) is 2.90. The van der Waals surface area contributed by atoms with Crippen LogP contribution in [0.1, 0.15) is 27.9 Å². The Morgan fingerprint density at radius 1 is 1.14 bits per heavy atom. The third-order valence-corrected chi connectivity index (χ3v) is 4.27. The number of carbonyl (C=O) groups is 2. The van der Waals surface area contributed by atoms with Gasteiger partial charge in [0.05, 0.1) is 0 Å². The molecule has 1 saturated heterocycles. The van der Waals surface area contributed by atoms with Crippen LogP contribution in [0.3, 0.4) is 0 Å². The number of carbonyl (C=O) groups excluding carboxylic acids is 2. The lowest BCUT2D eigenvalue weighted by Crippen LogP contribution is -2.32. The van der Waals surface area contributed by atoms with Crippen molar-refractivity contribution in [2.24, 2.45) is 5.73 Å². The first-order chi connectivity index (χ1) is 10.6. The second-order valence-corrected chi connectivity index (χ2v) is 5.84. The predicted octanol–water partition coefficient (Wildman–Crippen LogP) is 1.79. The van der Waals surface area contributed by atoms with Crippen LogP contribution in [0, 0.1) is 0 Å². The van der Waals surface area contributed by atoms with Gasteiger partial charge in [0.25, 0.3) is 0 Å². The highest BCUT2D eigenvalue weighted by molar-refractivity contribution is 5.93. The largest absolute Gasteiger partial charge is 0.366 e. The summed E-state index contributed by atoms with van der Waals surface area (Å²) in [6.45, 7) is 0.572. The average molecular weight is 294 g/mol. The summed E-state index contributed by atoms with van der Waals surface area (Å²) in [6.07, 6.45) is 1.17. The van der Waals surface area contributed by atoms with Crippen molar-refractivity contribution in [2.45, 2.75) is 18.3 Å². The van der Waals surface area contributed by atoms with Gasteiger partial charge in [-0.15, -0.1) is 0 Å². The first kappa shape index (κ1) is 14.3. The van der Waals surface area contributed by atoms with Gasteiger partial charge < -0.3 is 11.1 Å². The third-order valence-electron chi connectivity index (χ3n) is 4.27. The summed E-state index contributed by atoms with van der Waals surface area (Å²) in [6, 6.07) is 17.4. The molecule has 2 aromatic carbocycles. The van der Waals surface area contributed by atoms with Crippen LogP contribution in [0.4, 0.5) is 0 Å². The van der Waals surface area contributed by atoms with Crippen LogP contribution in [0.25, 0.3) is 0 Å². The van der Waals surface area contributed by atoms with Crippen LogP contribution in [0.2, 0.25) is 0 Å². The molecule has 0 aromatic heterocycles. The quantitative estimate of drug-likeness (QED) is 0.902. The fourth-order valence-corrected chi connectivity index (χ4v) is 3.12. The van der Waals surface area contributed by atoms with E-state index in [-0.39, 0.29) is 11.3 Å². The van der Waals surface area contributed by atoms with E-state index in [2.05, 4.69) is 17.4 Å². The van der Waals surface area contributed by atoms with Crippen molar-refractivity contribution >= 4 is 11.8 Å². The molecule has 1 fully saturated rings. The van der Waals surface area contributed by atoms with Crippen molar-refractivity contribution in [1.29, 1.82) is 0 Å². The number of primary amides is 1. The number of hydrogen-bond acceptors (Lipinski definition) is 2. The summed E-state index contributed by atoms with van der Waals surface area (Å²) in [7, 11) is 0. The monoisotopic (exact) mass is 294 g/mol. The number of hydrogen-bond donors (Lipinski definition) is 2. The SMILES string of the molecule is NC(=O)c1cccc(C2(Cc3ccccc3)CNC(=O)C2)c1.